The second kappa shape index (κ2) is 5.55. The van der Waals surface area contributed by atoms with Gasteiger partial charge in [0, 0.05) is 0 Å². The molecule has 2 aliphatic rings. The number of allylic oxidation sites excluding steroid dienone is 2. The summed E-state index contributed by atoms with van der Waals surface area (Å²) in [5.74, 6) is -6.85. The number of hydrogen-bond acceptors (Lipinski definition) is 4. The van der Waals surface area contributed by atoms with E-state index in [4.69, 9.17) is 10.2 Å². The van der Waals surface area contributed by atoms with Gasteiger partial charge in [-0.05, 0) is 18.3 Å². The van der Waals surface area contributed by atoms with E-state index in [0.717, 1.165) is 0 Å². The standard InChI is InChI=1S/C13H15NO7/c15-8(16)4-7(12(18)19)14-11(17)9-5-1-2-6(3-5)10(9)13(20)21/h1-2,5-7,9-10H,3-4H2,(H,14,17)(H,15,16)(H,18,19)(H,20,21)/t5-,6-,7-,9-,10+/m0/s1. The van der Waals surface area contributed by atoms with Crippen molar-refractivity contribution in [3.05, 3.63) is 12.2 Å². The number of nitrogens with one attached hydrogen (secondary N) is 1. The van der Waals surface area contributed by atoms with Crippen molar-refractivity contribution in [3.63, 3.8) is 0 Å². The molecule has 5 atom stereocenters. The Morgan fingerprint density at radius 3 is 2.10 bits per heavy atom. The maximum absolute atomic E-state index is 12.2. The van der Waals surface area contributed by atoms with Gasteiger partial charge < -0.3 is 20.6 Å². The first-order valence-corrected chi connectivity index (χ1v) is 6.47. The van der Waals surface area contributed by atoms with Gasteiger partial charge in [-0.25, -0.2) is 4.79 Å². The molecule has 1 saturated carbocycles. The molecule has 0 aromatic heterocycles. The number of carbonyl (C=O) groups excluding carboxylic acids is 1. The molecule has 114 valence electrons. The second-order valence-corrected chi connectivity index (χ2v) is 5.34. The van der Waals surface area contributed by atoms with E-state index in [1.807, 2.05) is 0 Å². The first-order chi connectivity index (χ1) is 9.81. The zero-order chi connectivity index (χ0) is 15.7. The number of amides is 1. The van der Waals surface area contributed by atoms with Crippen LogP contribution in [0.1, 0.15) is 12.8 Å². The lowest BCUT2D eigenvalue weighted by molar-refractivity contribution is -0.150. The molecule has 2 rings (SSSR count). The van der Waals surface area contributed by atoms with Gasteiger partial charge in [0.15, 0.2) is 0 Å². The predicted molar refractivity (Wildman–Crippen MR) is 67.2 cm³/mol. The molecule has 2 aliphatic carbocycles. The SMILES string of the molecule is O=C(O)C[C@H](NC(=O)[C@@H]1[C@H](C(=O)O)[C@H]2C=C[C@H]1C2)C(=O)O. The van der Waals surface area contributed by atoms with Crippen LogP contribution in [0.25, 0.3) is 0 Å². The smallest absolute Gasteiger partial charge is 0.326 e. The normalized spacial score (nSPS) is 30.9. The summed E-state index contributed by atoms with van der Waals surface area (Å²) in [4.78, 5) is 45.0. The Labute approximate surface area is 119 Å². The number of aliphatic carboxylic acids is 3. The summed E-state index contributed by atoms with van der Waals surface area (Å²) in [5.41, 5.74) is 0. The van der Waals surface area contributed by atoms with Crippen molar-refractivity contribution in [3.8, 4) is 0 Å². The maximum atomic E-state index is 12.2. The van der Waals surface area contributed by atoms with Gasteiger partial charge in [-0.3, -0.25) is 14.4 Å². The lowest BCUT2D eigenvalue weighted by atomic mass is 9.82. The van der Waals surface area contributed by atoms with E-state index < -0.39 is 48.1 Å². The van der Waals surface area contributed by atoms with Crippen LogP contribution in [0.15, 0.2) is 12.2 Å². The van der Waals surface area contributed by atoms with E-state index >= 15 is 0 Å². The lowest BCUT2D eigenvalue weighted by Crippen LogP contribution is -2.48. The molecular weight excluding hydrogens is 282 g/mol. The Balaban J connectivity index is 2.11. The van der Waals surface area contributed by atoms with Gasteiger partial charge in [0.25, 0.3) is 0 Å². The number of fused-ring (bicyclic) bond motifs is 2. The van der Waals surface area contributed by atoms with Crippen LogP contribution in [-0.2, 0) is 19.2 Å². The molecule has 2 bridgehead atoms. The first kappa shape index (κ1) is 15.0. The van der Waals surface area contributed by atoms with E-state index in [1.165, 1.54) is 0 Å². The molecule has 8 heteroatoms. The molecule has 0 radical (unpaired) electrons. The van der Waals surface area contributed by atoms with Crippen LogP contribution in [0.3, 0.4) is 0 Å². The minimum Gasteiger partial charge on any atom is -0.481 e. The minimum absolute atomic E-state index is 0.231. The zero-order valence-corrected chi connectivity index (χ0v) is 10.9. The molecule has 0 unspecified atom stereocenters. The Morgan fingerprint density at radius 2 is 1.62 bits per heavy atom. The third-order valence-electron chi connectivity index (χ3n) is 4.04. The van der Waals surface area contributed by atoms with Crippen LogP contribution < -0.4 is 5.32 Å². The Morgan fingerprint density at radius 1 is 1.05 bits per heavy atom. The average Bonchev–Trinajstić information content (AvgIpc) is 2.96. The van der Waals surface area contributed by atoms with E-state index in [2.05, 4.69) is 5.32 Å². The molecule has 0 spiro atoms. The summed E-state index contributed by atoms with van der Waals surface area (Å²) in [7, 11) is 0. The van der Waals surface area contributed by atoms with Crippen LogP contribution in [-0.4, -0.2) is 45.2 Å². The van der Waals surface area contributed by atoms with Gasteiger partial charge in [0.1, 0.15) is 6.04 Å². The van der Waals surface area contributed by atoms with Crippen molar-refractivity contribution < 1.29 is 34.5 Å². The van der Waals surface area contributed by atoms with Crippen LogP contribution >= 0.6 is 0 Å². The number of carboxylic acid groups (broad SMARTS) is 3. The van der Waals surface area contributed by atoms with Crippen molar-refractivity contribution in [1.29, 1.82) is 0 Å². The van der Waals surface area contributed by atoms with Gasteiger partial charge in [-0.2, -0.15) is 0 Å². The monoisotopic (exact) mass is 297 g/mol. The summed E-state index contributed by atoms with van der Waals surface area (Å²) >= 11 is 0. The summed E-state index contributed by atoms with van der Waals surface area (Å²) in [6.07, 6.45) is 3.32. The van der Waals surface area contributed by atoms with Crippen molar-refractivity contribution in [1.82, 2.24) is 5.32 Å². The van der Waals surface area contributed by atoms with Gasteiger partial charge in [0.05, 0.1) is 18.3 Å². The molecule has 0 aromatic carbocycles. The Bertz CT molecular complexity index is 527. The predicted octanol–water partition coefficient (Wildman–Crippen LogP) is -0.447. The highest BCUT2D eigenvalue weighted by Gasteiger charge is 2.52. The Hall–Kier alpha value is -2.38. The highest BCUT2D eigenvalue weighted by Crippen LogP contribution is 2.48. The van der Waals surface area contributed by atoms with Crippen LogP contribution in [0, 0.1) is 23.7 Å². The van der Waals surface area contributed by atoms with Gasteiger partial charge >= 0.3 is 17.9 Å². The van der Waals surface area contributed by atoms with E-state index in [1.54, 1.807) is 12.2 Å². The van der Waals surface area contributed by atoms with Crippen LogP contribution in [0.4, 0.5) is 0 Å². The lowest BCUT2D eigenvalue weighted by Gasteiger charge is -2.25. The number of hydrogen-bond donors (Lipinski definition) is 4. The van der Waals surface area contributed by atoms with Crippen LogP contribution in [0.5, 0.6) is 0 Å². The number of rotatable bonds is 6. The molecule has 0 aliphatic heterocycles. The van der Waals surface area contributed by atoms with Gasteiger partial charge in [0.2, 0.25) is 5.91 Å². The van der Waals surface area contributed by atoms with Crippen molar-refractivity contribution in [2.24, 2.45) is 23.7 Å². The molecule has 21 heavy (non-hydrogen) atoms. The molecule has 1 fully saturated rings. The molecule has 8 nitrogen and oxygen atoms in total. The van der Waals surface area contributed by atoms with Crippen molar-refractivity contribution in [2.75, 3.05) is 0 Å². The molecule has 0 saturated heterocycles. The number of carbonyl (C=O) groups is 4. The molecule has 0 aromatic rings. The summed E-state index contributed by atoms with van der Waals surface area (Å²) in [5, 5.41) is 28.9. The molecule has 0 heterocycles. The van der Waals surface area contributed by atoms with E-state index in [9.17, 15) is 24.3 Å². The fraction of sp³-hybridized carbons (Fsp3) is 0.538. The number of carboxylic acids is 3. The van der Waals surface area contributed by atoms with E-state index in [0.29, 0.717) is 6.42 Å². The topological polar surface area (TPSA) is 141 Å². The summed E-state index contributed by atoms with van der Waals surface area (Å²) in [6, 6.07) is -1.56. The van der Waals surface area contributed by atoms with Crippen LogP contribution in [0.2, 0.25) is 0 Å². The fourth-order valence-electron chi connectivity index (χ4n) is 3.16. The fourth-order valence-corrected chi connectivity index (χ4v) is 3.16. The summed E-state index contributed by atoms with van der Waals surface area (Å²) in [6.45, 7) is 0. The molecular formula is C13H15NO7. The van der Waals surface area contributed by atoms with Gasteiger partial charge in [-0.1, -0.05) is 12.2 Å². The molecule has 4 N–H and O–H groups in total. The minimum atomic E-state index is -1.56. The van der Waals surface area contributed by atoms with Gasteiger partial charge in [-0.15, -0.1) is 0 Å². The maximum Gasteiger partial charge on any atom is 0.326 e. The quantitative estimate of drug-likeness (QED) is 0.487. The largest absolute Gasteiger partial charge is 0.481 e. The van der Waals surface area contributed by atoms with Crippen molar-refractivity contribution in [2.45, 2.75) is 18.9 Å². The van der Waals surface area contributed by atoms with Crippen molar-refractivity contribution >= 4 is 23.8 Å². The second-order valence-electron chi connectivity index (χ2n) is 5.34. The highest BCUT2D eigenvalue weighted by molar-refractivity contribution is 5.91. The van der Waals surface area contributed by atoms with E-state index in [-0.39, 0.29) is 11.8 Å². The summed E-state index contributed by atoms with van der Waals surface area (Å²) < 4.78 is 0. The zero-order valence-electron chi connectivity index (χ0n) is 10.9. The first-order valence-electron chi connectivity index (χ1n) is 6.47. The third-order valence-corrected chi connectivity index (χ3v) is 4.04. The third kappa shape index (κ3) is 2.88. The molecule has 1 amide bonds. The Kier molecular flexibility index (Phi) is 3.97. The average molecular weight is 297 g/mol. The highest BCUT2D eigenvalue weighted by atomic mass is 16.4.